The monoisotopic (exact) mass is 167 g/mol. The first-order chi connectivity index (χ1) is 5.63. The van der Waals surface area contributed by atoms with Gasteiger partial charge in [-0.2, -0.15) is 5.26 Å². The highest BCUT2D eigenvalue weighted by Crippen LogP contribution is 2.16. The molecular weight excluding hydrogens is 150 g/mol. The molecule has 0 aromatic heterocycles. The summed E-state index contributed by atoms with van der Waals surface area (Å²) >= 11 is 0. The highest BCUT2D eigenvalue weighted by Gasteiger charge is 2.25. The number of nitriles is 1. The van der Waals surface area contributed by atoms with Crippen LogP contribution in [-0.2, 0) is 0 Å². The third-order valence-electron chi connectivity index (χ3n) is 2.42. The molecule has 0 spiro atoms. The predicted molar refractivity (Wildman–Crippen MR) is 48.4 cm³/mol. The lowest BCUT2D eigenvalue weighted by molar-refractivity contribution is 0.145. The van der Waals surface area contributed by atoms with Crippen LogP contribution in [0.5, 0.6) is 0 Å². The SMILES string of the molecule is CC(C)N1C[C@H](N)C[C@@H](C#N)C1. The molecule has 0 amide bonds. The van der Waals surface area contributed by atoms with E-state index in [0.29, 0.717) is 6.04 Å². The third kappa shape index (κ3) is 2.20. The quantitative estimate of drug-likeness (QED) is 0.621. The Kier molecular flexibility index (Phi) is 3.07. The van der Waals surface area contributed by atoms with Crippen molar-refractivity contribution in [2.75, 3.05) is 13.1 Å². The molecule has 3 nitrogen and oxygen atoms in total. The second-order valence-corrected chi connectivity index (χ2v) is 3.87. The molecule has 1 heterocycles. The van der Waals surface area contributed by atoms with Crippen molar-refractivity contribution >= 4 is 0 Å². The summed E-state index contributed by atoms with van der Waals surface area (Å²) in [6.45, 7) is 6.12. The number of likely N-dealkylation sites (tertiary alicyclic amines) is 1. The molecule has 0 saturated carbocycles. The van der Waals surface area contributed by atoms with Crippen LogP contribution < -0.4 is 5.73 Å². The van der Waals surface area contributed by atoms with Crippen molar-refractivity contribution in [2.45, 2.75) is 32.4 Å². The molecule has 2 atom stereocenters. The first-order valence-electron chi connectivity index (χ1n) is 4.52. The Morgan fingerprint density at radius 1 is 1.50 bits per heavy atom. The Labute approximate surface area is 74.1 Å². The highest BCUT2D eigenvalue weighted by atomic mass is 15.2. The van der Waals surface area contributed by atoms with Crippen LogP contribution in [0, 0.1) is 17.2 Å². The average molecular weight is 167 g/mol. The molecule has 1 aliphatic heterocycles. The van der Waals surface area contributed by atoms with E-state index in [9.17, 15) is 0 Å². The molecule has 0 aromatic rings. The molecule has 1 saturated heterocycles. The van der Waals surface area contributed by atoms with Gasteiger partial charge < -0.3 is 5.73 Å². The van der Waals surface area contributed by atoms with Gasteiger partial charge in [0.05, 0.1) is 12.0 Å². The van der Waals surface area contributed by atoms with Gasteiger partial charge in [0.1, 0.15) is 0 Å². The molecule has 0 aromatic carbocycles. The van der Waals surface area contributed by atoms with Gasteiger partial charge in [-0.25, -0.2) is 0 Å². The summed E-state index contributed by atoms with van der Waals surface area (Å²) in [4.78, 5) is 2.28. The number of nitrogens with two attached hydrogens (primary N) is 1. The molecule has 1 aliphatic rings. The van der Waals surface area contributed by atoms with E-state index < -0.39 is 0 Å². The van der Waals surface area contributed by atoms with E-state index in [2.05, 4.69) is 24.8 Å². The van der Waals surface area contributed by atoms with Crippen molar-refractivity contribution in [1.82, 2.24) is 4.90 Å². The highest BCUT2D eigenvalue weighted by molar-refractivity contribution is 4.93. The van der Waals surface area contributed by atoms with E-state index in [1.54, 1.807) is 0 Å². The smallest absolute Gasteiger partial charge is 0.0669 e. The standard InChI is InChI=1S/C9H17N3/c1-7(2)12-5-8(4-10)3-9(11)6-12/h7-9H,3,5-6,11H2,1-2H3/t8-,9+/m0/s1. The van der Waals surface area contributed by atoms with E-state index in [0.717, 1.165) is 19.5 Å². The fraction of sp³-hybridized carbons (Fsp3) is 0.889. The third-order valence-corrected chi connectivity index (χ3v) is 2.42. The van der Waals surface area contributed by atoms with E-state index in [1.165, 1.54) is 0 Å². The lowest BCUT2D eigenvalue weighted by Crippen LogP contribution is -2.49. The second-order valence-electron chi connectivity index (χ2n) is 3.87. The van der Waals surface area contributed by atoms with Gasteiger partial charge in [0.2, 0.25) is 0 Å². The second kappa shape index (κ2) is 3.88. The van der Waals surface area contributed by atoms with Gasteiger partial charge in [0.25, 0.3) is 0 Å². The first-order valence-corrected chi connectivity index (χ1v) is 4.52. The first kappa shape index (κ1) is 9.50. The zero-order valence-corrected chi connectivity index (χ0v) is 7.83. The van der Waals surface area contributed by atoms with Crippen molar-refractivity contribution in [3.8, 4) is 6.07 Å². The van der Waals surface area contributed by atoms with Gasteiger partial charge in [-0.05, 0) is 20.3 Å². The van der Waals surface area contributed by atoms with E-state index in [4.69, 9.17) is 11.0 Å². The summed E-state index contributed by atoms with van der Waals surface area (Å²) in [7, 11) is 0. The largest absolute Gasteiger partial charge is 0.326 e. The summed E-state index contributed by atoms with van der Waals surface area (Å²) < 4.78 is 0. The van der Waals surface area contributed by atoms with Gasteiger partial charge in [-0.3, -0.25) is 4.90 Å². The molecule has 0 bridgehead atoms. The number of rotatable bonds is 1. The molecule has 1 rings (SSSR count). The van der Waals surface area contributed by atoms with Crippen molar-refractivity contribution in [2.24, 2.45) is 11.7 Å². The fourth-order valence-electron chi connectivity index (χ4n) is 1.69. The van der Waals surface area contributed by atoms with Gasteiger partial charge >= 0.3 is 0 Å². The lowest BCUT2D eigenvalue weighted by Gasteiger charge is -2.36. The molecule has 12 heavy (non-hydrogen) atoms. The summed E-state index contributed by atoms with van der Waals surface area (Å²) in [6, 6.07) is 2.99. The van der Waals surface area contributed by atoms with Crippen molar-refractivity contribution in [3.05, 3.63) is 0 Å². The molecule has 2 N–H and O–H groups in total. The number of hydrogen-bond acceptors (Lipinski definition) is 3. The molecule has 0 aliphatic carbocycles. The van der Waals surface area contributed by atoms with E-state index in [-0.39, 0.29) is 12.0 Å². The number of hydrogen-bond donors (Lipinski definition) is 1. The van der Waals surface area contributed by atoms with E-state index in [1.807, 2.05) is 0 Å². The van der Waals surface area contributed by atoms with Crippen LogP contribution in [-0.4, -0.2) is 30.1 Å². The molecule has 3 heteroatoms. The maximum absolute atomic E-state index is 8.78. The Morgan fingerprint density at radius 3 is 2.67 bits per heavy atom. The van der Waals surface area contributed by atoms with Crippen molar-refractivity contribution in [3.63, 3.8) is 0 Å². The van der Waals surface area contributed by atoms with E-state index >= 15 is 0 Å². The van der Waals surface area contributed by atoms with Crippen LogP contribution in [0.4, 0.5) is 0 Å². The van der Waals surface area contributed by atoms with Gasteiger partial charge in [-0.1, -0.05) is 0 Å². The predicted octanol–water partition coefficient (Wildman–Crippen LogP) is 0.568. The van der Waals surface area contributed by atoms with Crippen LogP contribution in [0.25, 0.3) is 0 Å². The minimum absolute atomic E-state index is 0.135. The van der Waals surface area contributed by atoms with Gasteiger partial charge in [-0.15, -0.1) is 0 Å². The maximum atomic E-state index is 8.78. The van der Waals surface area contributed by atoms with Crippen LogP contribution in [0.1, 0.15) is 20.3 Å². The molecule has 68 valence electrons. The summed E-state index contributed by atoms with van der Waals surface area (Å²) in [6.07, 6.45) is 0.861. The Bertz CT molecular complexity index is 183. The van der Waals surface area contributed by atoms with Crippen LogP contribution in [0.2, 0.25) is 0 Å². The zero-order valence-electron chi connectivity index (χ0n) is 7.83. The normalized spacial score (nSPS) is 31.9. The summed E-state index contributed by atoms with van der Waals surface area (Å²) in [5.74, 6) is 0.135. The van der Waals surface area contributed by atoms with Crippen LogP contribution in [0.3, 0.4) is 0 Å². The van der Waals surface area contributed by atoms with Crippen molar-refractivity contribution < 1.29 is 0 Å². The number of piperidine rings is 1. The Morgan fingerprint density at radius 2 is 2.17 bits per heavy atom. The molecule has 1 fully saturated rings. The maximum Gasteiger partial charge on any atom is 0.0669 e. The number of nitrogens with zero attached hydrogens (tertiary/aromatic N) is 2. The molecule has 0 unspecified atom stereocenters. The van der Waals surface area contributed by atoms with Crippen LogP contribution >= 0.6 is 0 Å². The van der Waals surface area contributed by atoms with Gasteiger partial charge in [0, 0.05) is 25.2 Å². The zero-order chi connectivity index (χ0) is 9.14. The fourth-order valence-corrected chi connectivity index (χ4v) is 1.69. The minimum Gasteiger partial charge on any atom is -0.326 e. The summed E-state index contributed by atoms with van der Waals surface area (Å²) in [5, 5.41) is 8.78. The summed E-state index contributed by atoms with van der Waals surface area (Å²) in [5.41, 5.74) is 5.84. The minimum atomic E-state index is 0.135. The Hall–Kier alpha value is -0.590. The van der Waals surface area contributed by atoms with Crippen LogP contribution in [0.15, 0.2) is 0 Å². The molecule has 0 radical (unpaired) electrons. The topological polar surface area (TPSA) is 53.0 Å². The average Bonchev–Trinajstić information content (AvgIpc) is 2.03. The Balaban J connectivity index is 2.52. The molecular formula is C9H17N3. The van der Waals surface area contributed by atoms with Gasteiger partial charge in [0.15, 0.2) is 0 Å². The lowest BCUT2D eigenvalue weighted by atomic mass is 9.95. The van der Waals surface area contributed by atoms with Crippen molar-refractivity contribution in [1.29, 1.82) is 5.26 Å².